The van der Waals surface area contributed by atoms with Gasteiger partial charge in [0.15, 0.2) is 0 Å². The predicted octanol–water partition coefficient (Wildman–Crippen LogP) is 1.75. The number of unbranched alkanes of at least 4 members (excludes halogenated alkanes) is 2. The quantitative estimate of drug-likeness (QED) is 0.795. The Balaban J connectivity index is 2.33. The lowest BCUT2D eigenvalue weighted by atomic mass is 10.1. The van der Waals surface area contributed by atoms with Gasteiger partial charge in [0.1, 0.15) is 12.1 Å². The minimum absolute atomic E-state index is 0.592. The maximum atomic E-state index is 5.99. The second-order valence-electron chi connectivity index (χ2n) is 4.00. The summed E-state index contributed by atoms with van der Waals surface area (Å²) in [4.78, 5) is 8.55. The standard InChI is InChI=1S/C11H17N5/c1-3-4-5-6-9-8(2)10(12)16-11(15-9)13-7-14-16/h7H,3-6,12H2,1-2H3. The van der Waals surface area contributed by atoms with E-state index in [1.807, 2.05) is 6.92 Å². The van der Waals surface area contributed by atoms with E-state index >= 15 is 0 Å². The van der Waals surface area contributed by atoms with Crippen molar-refractivity contribution in [3.63, 3.8) is 0 Å². The van der Waals surface area contributed by atoms with Crippen molar-refractivity contribution < 1.29 is 0 Å². The van der Waals surface area contributed by atoms with Crippen LogP contribution in [-0.4, -0.2) is 19.6 Å². The molecule has 0 aliphatic carbocycles. The van der Waals surface area contributed by atoms with Crippen molar-refractivity contribution in [2.24, 2.45) is 0 Å². The Hall–Kier alpha value is -1.65. The maximum Gasteiger partial charge on any atom is 0.254 e. The molecule has 5 nitrogen and oxygen atoms in total. The predicted molar refractivity (Wildman–Crippen MR) is 63.2 cm³/mol. The van der Waals surface area contributed by atoms with Crippen molar-refractivity contribution in [3.8, 4) is 0 Å². The summed E-state index contributed by atoms with van der Waals surface area (Å²) in [6.45, 7) is 4.18. The van der Waals surface area contributed by atoms with Crippen LogP contribution in [0, 0.1) is 6.92 Å². The van der Waals surface area contributed by atoms with Crippen molar-refractivity contribution in [2.75, 3.05) is 5.73 Å². The number of aryl methyl sites for hydroxylation is 1. The lowest BCUT2D eigenvalue weighted by molar-refractivity contribution is 0.703. The molecule has 2 rings (SSSR count). The van der Waals surface area contributed by atoms with Gasteiger partial charge in [-0.1, -0.05) is 19.8 Å². The third-order valence-electron chi connectivity index (χ3n) is 2.83. The Kier molecular flexibility index (Phi) is 3.03. The maximum absolute atomic E-state index is 5.99. The van der Waals surface area contributed by atoms with Crippen LogP contribution in [0.2, 0.25) is 0 Å². The molecule has 5 heteroatoms. The molecule has 0 aliphatic heterocycles. The Labute approximate surface area is 94.7 Å². The van der Waals surface area contributed by atoms with E-state index in [-0.39, 0.29) is 0 Å². The zero-order valence-corrected chi connectivity index (χ0v) is 9.77. The summed E-state index contributed by atoms with van der Waals surface area (Å²) in [5.74, 6) is 1.24. The van der Waals surface area contributed by atoms with Gasteiger partial charge in [0.25, 0.3) is 5.78 Å². The molecule has 0 saturated heterocycles. The molecule has 0 fully saturated rings. The summed E-state index contributed by atoms with van der Waals surface area (Å²) < 4.78 is 1.58. The van der Waals surface area contributed by atoms with Crippen molar-refractivity contribution in [3.05, 3.63) is 17.6 Å². The molecule has 0 saturated carbocycles. The molecule has 0 spiro atoms. The van der Waals surface area contributed by atoms with Gasteiger partial charge in [-0.05, 0) is 19.8 Å². The average molecular weight is 219 g/mol. The molecular formula is C11H17N5. The fourth-order valence-corrected chi connectivity index (χ4v) is 1.78. The van der Waals surface area contributed by atoms with Crippen molar-refractivity contribution in [1.82, 2.24) is 19.6 Å². The molecule has 2 heterocycles. The van der Waals surface area contributed by atoms with Crippen molar-refractivity contribution >= 4 is 11.6 Å². The lowest BCUT2D eigenvalue weighted by Gasteiger charge is -2.08. The second-order valence-corrected chi connectivity index (χ2v) is 4.00. The van der Waals surface area contributed by atoms with E-state index in [1.165, 1.54) is 19.2 Å². The summed E-state index contributed by atoms with van der Waals surface area (Å²) in [7, 11) is 0. The van der Waals surface area contributed by atoms with Gasteiger partial charge < -0.3 is 5.73 Å². The van der Waals surface area contributed by atoms with E-state index in [4.69, 9.17) is 5.73 Å². The minimum atomic E-state index is 0.592. The van der Waals surface area contributed by atoms with Gasteiger partial charge in [0.2, 0.25) is 0 Å². The molecule has 0 amide bonds. The number of nitrogen functional groups attached to an aromatic ring is 1. The molecule has 2 aromatic rings. The zero-order chi connectivity index (χ0) is 11.5. The number of nitrogens with two attached hydrogens (primary N) is 1. The molecule has 0 aromatic carbocycles. The van der Waals surface area contributed by atoms with Crippen LogP contribution in [0.3, 0.4) is 0 Å². The molecular weight excluding hydrogens is 202 g/mol. The number of hydrogen-bond acceptors (Lipinski definition) is 4. The van der Waals surface area contributed by atoms with Gasteiger partial charge in [-0.3, -0.25) is 0 Å². The highest BCUT2D eigenvalue weighted by molar-refractivity contribution is 5.48. The SMILES string of the molecule is CCCCCc1nc2ncnn2c(N)c1C. The van der Waals surface area contributed by atoms with Gasteiger partial charge >= 0.3 is 0 Å². The molecule has 2 aromatic heterocycles. The highest BCUT2D eigenvalue weighted by atomic mass is 15.3. The fourth-order valence-electron chi connectivity index (χ4n) is 1.78. The third kappa shape index (κ3) is 1.85. The molecule has 0 aliphatic rings. The zero-order valence-electron chi connectivity index (χ0n) is 9.77. The first-order chi connectivity index (χ1) is 7.74. The van der Waals surface area contributed by atoms with Crippen LogP contribution in [0.5, 0.6) is 0 Å². The van der Waals surface area contributed by atoms with Crippen LogP contribution in [0.4, 0.5) is 5.82 Å². The van der Waals surface area contributed by atoms with Crippen LogP contribution < -0.4 is 5.73 Å². The first kappa shape index (κ1) is 10.9. The van der Waals surface area contributed by atoms with Gasteiger partial charge in [-0.25, -0.2) is 4.98 Å². The smallest absolute Gasteiger partial charge is 0.254 e. The van der Waals surface area contributed by atoms with Gasteiger partial charge in [-0.2, -0.15) is 14.6 Å². The number of nitrogens with zero attached hydrogens (tertiary/aromatic N) is 4. The van der Waals surface area contributed by atoms with Crippen LogP contribution in [0.15, 0.2) is 6.33 Å². The minimum Gasteiger partial charge on any atom is -0.383 e. The molecule has 0 bridgehead atoms. The van der Waals surface area contributed by atoms with Gasteiger partial charge in [-0.15, -0.1) is 0 Å². The van der Waals surface area contributed by atoms with E-state index in [1.54, 1.807) is 4.52 Å². The Morgan fingerprint density at radius 2 is 2.19 bits per heavy atom. The number of rotatable bonds is 4. The number of anilines is 1. The van der Waals surface area contributed by atoms with E-state index in [2.05, 4.69) is 22.0 Å². The Bertz CT molecular complexity index is 488. The normalized spacial score (nSPS) is 11.1. The average Bonchev–Trinajstić information content (AvgIpc) is 2.73. The van der Waals surface area contributed by atoms with Crippen LogP contribution in [0.1, 0.15) is 37.4 Å². The molecule has 2 N–H and O–H groups in total. The van der Waals surface area contributed by atoms with Crippen molar-refractivity contribution in [2.45, 2.75) is 39.5 Å². The molecule has 0 unspecified atom stereocenters. The van der Waals surface area contributed by atoms with E-state index in [0.717, 1.165) is 24.1 Å². The van der Waals surface area contributed by atoms with E-state index in [9.17, 15) is 0 Å². The lowest BCUT2D eigenvalue weighted by Crippen LogP contribution is -2.07. The molecule has 0 atom stereocenters. The van der Waals surface area contributed by atoms with Gasteiger partial charge in [0.05, 0.1) is 5.69 Å². The Morgan fingerprint density at radius 3 is 2.94 bits per heavy atom. The number of hydrogen-bond donors (Lipinski definition) is 1. The highest BCUT2D eigenvalue weighted by Crippen LogP contribution is 2.17. The third-order valence-corrected chi connectivity index (χ3v) is 2.83. The molecule has 16 heavy (non-hydrogen) atoms. The van der Waals surface area contributed by atoms with Crippen molar-refractivity contribution in [1.29, 1.82) is 0 Å². The number of aromatic nitrogens is 4. The molecule has 86 valence electrons. The van der Waals surface area contributed by atoms with Crippen LogP contribution in [0.25, 0.3) is 5.78 Å². The first-order valence-electron chi connectivity index (χ1n) is 5.68. The molecule has 0 radical (unpaired) electrons. The fraction of sp³-hybridized carbons (Fsp3) is 0.545. The van der Waals surface area contributed by atoms with Crippen LogP contribution in [-0.2, 0) is 6.42 Å². The second kappa shape index (κ2) is 4.47. The van der Waals surface area contributed by atoms with Crippen LogP contribution >= 0.6 is 0 Å². The summed E-state index contributed by atoms with van der Waals surface area (Å²) in [6.07, 6.45) is 6.02. The monoisotopic (exact) mass is 219 g/mol. The topological polar surface area (TPSA) is 69.1 Å². The summed E-state index contributed by atoms with van der Waals surface area (Å²) in [5, 5.41) is 4.03. The number of fused-ring (bicyclic) bond motifs is 1. The highest BCUT2D eigenvalue weighted by Gasteiger charge is 2.10. The van der Waals surface area contributed by atoms with E-state index in [0.29, 0.717) is 11.6 Å². The van der Waals surface area contributed by atoms with E-state index < -0.39 is 0 Å². The largest absolute Gasteiger partial charge is 0.383 e. The van der Waals surface area contributed by atoms with Gasteiger partial charge in [0, 0.05) is 5.56 Å². The first-order valence-corrected chi connectivity index (χ1v) is 5.68. The summed E-state index contributed by atoms with van der Waals surface area (Å²) in [5.41, 5.74) is 8.06. The Morgan fingerprint density at radius 1 is 1.38 bits per heavy atom. The summed E-state index contributed by atoms with van der Waals surface area (Å²) >= 11 is 0. The summed E-state index contributed by atoms with van der Waals surface area (Å²) in [6, 6.07) is 0.